The lowest BCUT2D eigenvalue weighted by Crippen LogP contribution is -2.40. The van der Waals surface area contributed by atoms with Gasteiger partial charge in [-0.1, -0.05) is 0 Å². The third-order valence-electron chi connectivity index (χ3n) is 2.27. The Balaban J connectivity index is 2.50. The molecular weight excluding hydrogens is 258 g/mol. The Morgan fingerprint density at radius 1 is 1.33 bits per heavy atom. The van der Waals surface area contributed by atoms with Gasteiger partial charge in [0, 0.05) is 11.8 Å². The topological polar surface area (TPSA) is 104 Å². The summed E-state index contributed by atoms with van der Waals surface area (Å²) in [5, 5.41) is 23.1. The first-order valence-electron chi connectivity index (χ1n) is 5.28. The third kappa shape index (κ3) is 4.54. The van der Waals surface area contributed by atoms with Gasteiger partial charge in [-0.25, -0.2) is 4.79 Å². The van der Waals surface area contributed by atoms with Crippen molar-refractivity contribution in [2.45, 2.75) is 25.3 Å². The Labute approximate surface area is 107 Å². The minimum absolute atomic E-state index is 0.0948. The lowest BCUT2D eigenvalue weighted by Gasteiger charge is -2.13. The van der Waals surface area contributed by atoms with Gasteiger partial charge in [-0.2, -0.15) is 11.3 Å². The zero-order chi connectivity index (χ0) is 13.5. The molecule has 1 aromatic rings. The first-order valence-corrected chi connectivity index (χ1v) is 6.22. The number of hydrogen-bond acceptors (Lipinski definition) is 4. The van der Waals surface area contributed by atoms with Gasteiger partial charge in [-0.15, -0.1) is 0 Å². The molecular formula is C11H13NO5S. The van der Waals surface area contributed by atoms with Crippen LogP contribution in [-0.2, 0) is 9.59 Å². The number of aliphatic carboxylic acids is 2. The molecule has 98 valence electrons. The molecule has 6 nitrogen and oxygen atoms in total. The van der Waals surface area contributed by atoms with E-state index in [1.807, 2.05) is 0 Å². The highest BCUT2D eigenvalue weighted by Crippen LogP contribution is 2.08. The zero-order valence-electron chi connectivity index (χ0n) is 9.46. The molecule has 0 spiro atoms. The second-order valence-corrected chi connectivity index (χ2v) is 4.44. The Kier molecular flexibility index (Phi) is 5.31. The molecule has 1 rings (SSSR count). The van der Waals surface area contributed by atoms with Crippen LogP contribution in [0.4, 0.5) is 0 Å². The number of rotatable bonds is 7. The van der Waals surface area contributed by atoms with Gasteiger partial charge in [-0.05, 0) is 24.3 Å². The maximum absolute atomic E-state index is 11.6. The number of hydrogen-bond donors (Lipinski definition) is 3. The second kappa shape index (κ2) is 6.75. The van der Waals surface area contributed by atoms with E-state index in [1.165, 1.54) is 11.3 Å². The van der Waals surface area contributed by atoms with E-state index in [2.05, 4.69) is 5.32 Å². The van der Waals surface area contributed by atoms with Crippen LogP contribution in [0, 0.1) is 0 Å². The molecule has 0 aliphatic heterocycles. The number of carbonyl (C=O) groups excluding carboxylic acids is 1. The van der Waals surface area contributed by atoms with Crippen molar-refractivity contribution in [2.75, 3.05) is 0 Å². The summed E-state index contributed by atoms with van der Waals surface area (Å²) in [6.07, 6.45) is 0.186. The van der Waals surface area contributed by atoms with Crippen molar-refractivity contribution in [1.29, 1.82) is 0 Å². The zero-order valence-corrected chi connectivity index (χ0v) is 10.3. The van der Waals surface area contributed by atoms with Crippen LogP contribution in [0.25, 0.3) is 0 Å². The monoisotopic (exact) mass is 271 g/mol. The fraction of sp³-hybridized carbons (Fsp3) is 0.364. The Morgan fingerprint density at radius 2 is 2.06 bits per heavy atom. The highest BCUT2D eigenvalue weighted by molar-refractivity contribution is 7.08. The average Bonchev–Trinajstić information content (AvgIpc) is 2.80. The molecule has 3 N–H and O–H groups in total. The molecule has 1 heterocycles. The maximum atomic E-state index is 11.6. The van der Waals surface area contributed by atoms with E-state index >= 15 is 0 Å². The summed E-state index contributed by atoms with van der Waals surface area (Å²) in [6, 6.07) is 0.535. The van der Waals surface area contributed by atoms with Gasteiger partial charge in [0.2, 0.25) is 0 Å². The molecule has 1 aromatic heterocycles. The normalized spacial score (nSPS) is 11.8. The molecule has 0 saturated heterocycles. The Bertz CT molecular complexity index is 429. The predicted octanol–water partition coefficient (Wildman–Crippen LogP) is 1.19. The molecule has 7 heteroatoms. The molecule has 0 fully saturated rings. The van der Waals surface area contributed by atoms with Gasteiger partial charge in [0.05, 0.1) is 5.56 Å². The standard InChI is InChI=1S/C11H13NO5S/c13-9(14)3-1-2-8(11(16)17)12-10(15)7-4-5-18-6-7/h4-6,8H,1-3H2,(H,12,15)(H,13,14)(H,16,17)/t8-/m1/s1. The maximum Gasteiger partial charge on any atom is 0.326 e. The second-order valence-electron chi connectivity index (χ2n) is 3.66. The van der Waals surface area contributed by atoms with Crippen molar-refractivity contribution >= 4 is 29.2 Å². The molecule has 0 bridgehead atoms. The van der Waals surface area contributed by atoms with Crippen molar-refractivity contribution in [1.82, 2.24) is 5.32 Å². The summed E-state index contributed by atoms with van der Waals surface area (Å²) < 4.78 is 0. The van der Waals surface area contributed by atoms with E-state index in [-0.39, 0.29) is 19.3 Å². The lowest BCUT2D eigenvalue weighted by atomic mass is 10.1. The smallest absolute Gasteiger partial charge is 0.326 e. The molecule has 0 radical (unpaired) electrons. The number of thiophene rings is 1. The van der Waals surface area contributed by atoms with Crippen molar-refractivity contribution in [3.8, 4) is 0 Å². The minimum Gasteiger partial charge on any atom is -0.481 e. The van der Waals surface area contributed by atoms with E-state index in [0.717, 1.165) is 0 Å². The van der Waals surface area contributed by atoms with E-state index in [4.69, 9.17) is 10.2 Å². The van der Waals surface area contributed by atoms with Crippen molar-refractivity contribution in [3.63, 3.8) is 0 Å². The summed E-state index contributed by atoms with van der Waals surface area (Å²) in [5.74, 6) is -2.61. The van der Waals surface area contributed by atoms with Gasteiger partial charge in [-0.3, -0.25) is 9.59 Å². The Morgan fingerprint density at radius 3 is 2.56 bits per heavy atom. The molecule has 0 saturated carbocycles. The van der Waals surface area contributed by atoms with Crippen molar-refractivity contribution in [3.05, 3.63) is 22.4 Å². The molecule has 0 aromatic carbocycles. The summed E-state index contributed by atoms with van der Waals surface area (Å²) in [6.45, 7) is 0. The Hall–Kier alpha value is -1.89. The fourth-order valence-electron chi connectivity index (χ4n) is 1.35. The molecule has 0 aliphatic rings. The highest BCUT2D eigenvalue weighted by Gasteiger charge is 2.20. The first-order chi connectivity index (χ1) is 8.50. The molecule has 18 heavy (non-hydrogen) atoms. The molecule has 1 amide bonds. The minimum atomic E-state index is -1.16. The van der Waals surface area contributed by atoms with Crippen LogP contribution < -0.4 is 5.32 Å². The number of carboxylic acid groups (broad SMARTS) is 2. The van der Waals surface area contributed by atoms with Crippen LogP contribution >= 0.6 is 11.3 Å². The number of carboxylic acids is 2. The van der Waals surface area contributed by atoms with Gasteiger partial charge < -0.3 is 15.5 Å². The SMILES string of the molecule is O=C(O)CCC[C@@H](NC(=O)c1ccsc1)C(=O)O. The van der Waals surface area contributed by atoms with E-state index in [9.17, 15) is 14.4 Å². The molecule has 0 aliphatic carbocycles. The van der Waals surface area contributed by atoms with E-state index in [0.29, 0.717) is 5.56 Å². The van der Waals surface area contributed by atoms with Gasteiger partial charge >= 0.3 is 11.9 Å². The quantitative estimate of drug-likeness (QED) is 0.691. The van der Waals surface area contributed by atoms with Gasteiger partial charge in [0.15, 0.2) is 0 Å². The molecule has 1 atom stereocenters. The predicted molar refractivity (Wildman–Crippen MR) is 64.7 cm³/mol. The third-order valence-corrected chi connectivity index (χ3v) is 2.95. The van der Waals surface area contributed by atoms with E-state index in [1.54, 1.807) is 16.8 Å². The largest absolute Gasteiger partial charge is 0.481 e. The van der Waals surface area contributed by atoms with E-state index < -0.39 is 23.9 Å². The van der Waals surface area contributed by atoms with Crippen LogP contribution in [0.2, 0.25) is 0 Å². The van der Waals surface area contributed by atoms with Gasteiger partial charge in [0.25, 0.3) is 5.91 Å². The average molecular weight is 271 g/mol. The summed E-state index contributed by atoms with van der Waals surface area (Å²) >= 11 is 1.34. The van der Waals surface area contributed by atoms with Crippen LogP contribution in [0.15, 0.2) is 16.8 Å². The fourth-order valence-corrected chi connectivity index (χ4v) is 1.99. The van der Waals surface area contributed by atoms with Gasteiger partial charge in [0.1, 0.15) is 6.04 Å². The number of amides is 1. The summed E-state index contributed by atoms with van der Waals surface area (Å²) in [7, 11) is 0. The highest BCUT2D eigenvalue weighted by atomic mass is 32.1. The number of carbonyl (C=O) groups is 3. The summed E-state index contributed by atoms with van der Waals surface area (Å²) in [5.41, 5.74) is 0.407. The van der Waals surface area contributed by atoms with Crippen LogP contribution in [0.5, 0.6) is 0 Å². The van der Waals surface area contributed by atoms with Crippen LogP contribution in [0.3, 0.4) is 0 Å². The summed E-state index contributed by atoms with van der Waals surface area (Å²) in [4.78, 5) is 32.9. The number of nitrogens with one attached hydrogen (secondary N) is 1. The first kappa shape index (κ1) is 14.2. The lowest BCUT2D eigenvalue weighted by molar-refractivity contribution is -0.140. The van der Waals surface area contributed by atoms with Crippen molar-refractivity contribution in [2.24, 2.45) is 0 Å². The van der Waals surface area contributed by atoms with Crippen molar-refractivity contribution < 1.29 is 24.6 Å². The van der Waals surface area contributed by atoms with Crippen LogP contribution in [-0.4, -0.2) is 34.1 Å². The molecule has 0 unspecified atom stereocenters. The van der Waals surface area contributed by atoms with Crippen LogP contribution in [0.1, 0.15) is 29.6 Å².